The fourth-order valence-electron chi connectivity index (χ4n) is 1.99. The largest absolute Gasteiger partial charge is 0.341 e. The molecular formula is C11H11F2NO3S. The molecule has 1 aliphatic heterocycles. The second-order valence-electron chi connectivity index (χ2n) is 4.02. The molecule has 0 N–H and O–H groups in total. The number of benzene rings is 1. The van der Waals surface area contributed by atoms with E-state index in [9.17, 15) is 22.0 Å². The third kappa shape index (κ3) is 1.98. The average molecular weight is 275 g/mol. The molecule has 0 radical (unpaired) electrons. The predicted octanol–water partition coefficient (Wildman–Crippen LogP) is 1.59. The molecule has 0 saturated heterocycles. The minimum absolute atomic E-state index is 0.154. The Balaban J connectivity index is 2.46. The number of carbonyl (C=O) groups excluding carboxylic acids is 1. The number of hydrogen-bond donors (Lipinski definition) is 0. The molecule has 1 aromatic rings. The van der Waals surface area contributed by atoms with Crippen LogP contribution in [0.1, 0.15) is 12.5 Å². The predicted molar refractivity (Wildman–Crippen MR) is 61.4 cm³/mol. The molecule has 0 unspecified atom stereocenters. The zero-order valence-corrected chi connectivity index (χ0v) is 10.4. The zero-order valence-electron chi connectivity index (χ0n) is 9.56. The van der Waals surface area contributed by atoms with Gasteiger partial charge in [0.1, 0.15) is 0 Å². The van der Waals surface area contributed by atoms with Crippen molar-refractivity contribution in [3.05, 3.63) is 23.8 Å². The first-order valence-corrected chi connectivity index (χ1v) is 6.82. The molecule has 0 fully saturated rings. The minimum atomic E-state index is -4.57. The van der Waals surface area contributed by atoms with Crippen LogP contribution in [0.25, 0.3) is 0 Å². The maximum absolute atomic E-state index is 12.4. The fourth-order valence-corrected chi connectivity index (χ4v) is 2.76. The lowest BCUT2D eigenvalue weighted by molar-refractivity contribution is -0.116. The summed E-state index contributed by atoms with van der Waals surface area (Å²) in [7, 11) is -4.57. The lowest BCUT2D eigenvalue weighted by Crippen LogP contribution is -2.25. The number of alkyl halides is 2. The number of amides is 1. The molecule has 0 bridgehead atoms. The summed E-state index contributed by atoms with van der Waals surface area (Å²) in [5, 5.41) is 0. The first-order valence-electron chi connectivity index (χ1n) is 5.27. The second kappa shape index (κ2) is 4.31. The Kier molecular flexibility index (Phi) is 3.10. The van der Waals surface area contributed by atoms with Gasteiger partial charge in [0, 0.05) is 19.2 Å². The lowest BCUT2D eigenvalue weighted by Gasteiger charge is -2.14. The number of fused-ring (bicyclic) bond motifs is 1. The highest BCUT2D eigenvalue weighted by molar-refractivity contribution is 7.91. The van der Waals surface area contributed by atoms with Gasteiger partial charge in [0.2, 0.25) is 15.7 Å². The molecule has 0 spiro atoms. The normalized spacial score (nSPS) is 15.0. The van der Waals surface area contributed by atoms with Gasteiger partial charge in [-0.3, -0.25) is 4.79 Å². The van der Waals surface area contributed by atoms with Crippen LogP contribution >= 0.6 is 0 Å². The van der Waals surface area contributed by atoms with Gasteiger partial charge in [-0.15, -0.1) is 0 Å². The monoisotopic (exact) mass is 275 g/mol. The van der Waals surface area contributed by atoms with Crippen molar-refractivity contribution < 1.29 is 22.0 Å². The standard InChI is InChI=1S/C11H11F2NO3S/c1-7(15)14-5-4-8-6-9(2-3-10(8)14)18(16,17)11(12)13/h2-3,6,11H,4-5H2,1H3. The van der Waals surface area contributed by atoms with Crippen molar-refractivity contribution in [3.63, 3.8) is 0 Å². The fraction of sp³-hybridized carbons (Fsp3) is 0.364. The van der Waals surface area contributed by atoms with Gasteiger partial charge in [0.15, 0.2) is 0 Å². The third-order valence-corrected chi connectivity index (χ3v) is 4.27. The Bertz CT molecular complexity index is 598. The van der Waals surface area contributed by atoms with E-state index in [-0.39, 0.29) is 5.91 Å². The summed E-state index contributed by atoms with van der Waals surface area (Å²) in [4.78, 5) is 12.4. The van der Waals surface area contributed by atoms with Gasteiger partial charge in [-0.25, -0.2) is 8.42 Å². The van der Waals surface area contributed by atoms with Crippen LogP contribution in [0.4, 0.5) is 14.5 Å². The number of sulfone groups is 1. The van der Waals surface area contributed by atoms with Crippen molar-refractivity contribution in [3.8, 4) is 0 Å². The minimum Gasteiger partial charge on any atom is -0.312 e. The number of nitrogens with zero attached hydrogens (tertiary/aromatic N) is 1. The Morgan fingerprint density at radius 2 is 2.06 bits per heavy atom. The van der Waals surface area contributed by atoms with Crippen molar-refractivity contribution >= 4 is 21.4 Å². The van der Waals surface area contributed by atoms with E-state index in [2.05, 4.69) is 0 Å². The van der Waals surface area contributed by atoms with E-state index < -0.39 is 20.5 Å². The molecule has 1 heterocycles. The number of carbonyl (C=O) groups is 1. The summed E-state index contributed by atoms with van der Waals surface area (Å²) >= 11 is 0. The van der Waals surface area contributed by atoms with Crippen molar-refractivity contribution in [2.75, 3.05) is 11.4 Å². The van der Waals surface area contributed by atoms with E-state index >= 15 is 0 Å². The van der Waals surface area contributed by atoms with Crippen LogP contribution in [0.15, 0.2) is 23.1 Å². The molecule has 0 aromatic heterocycles. The maximum Gasteiger partial charge on any atom is 0.341 e. The van der Waals surface area contributed by atoms with Gasteiger partial charge in [-0.2, -0.15) is 8.78 Å². The molecule has 98 valence electrons. The molecular weight excluding hydrogens is 264 g/mol. The second-order valence-corrected chi connectivity index (χ2v) is 5.93. The quantitative estimate of drug-likeness (QED) is 0.823. The van der Waals surface area contributed by atoms with E-state index in [1.807, 2.05) is 0 Å². The summed E-state index contributed by atoms with van der Waals surface area (Å²) in [5.41, 5.74) is 1.20. The summed E-state index contributed by atoms with van der Waals surface area (Å²) in [5.74, 6) is -3.58. The number of halogens is 2. The van der Waals surface area contributed by atoms with Gasteiger partial charge in [0.05, 0.1) is 4.90 Å². The highest BCUT2D eigenvalue weighted by Crippen LogP contribution is 2.31. The van der Waals surface area contributed by atoms with Crippen LogP contribution in [-0.4, -0.2) is 26.6 Å². The highest BCUT2D eigenvalue weighted by atomic mass is 32.2. The molecule has 4 nitrogen and oxygen atoms in total. The van der Waals surface area contributed by atoms with Crippen molar-refractivity contribution in [1.29, 1.82) is 0 Å². The van der Waals surface area contributed by atoms with Gasteiger partial charge >= 0.3 is 5.76 Å². The molecule has 1 aromatic carbocycles. The zero-order chi connectivity index (χ0) is 13.5. The van der Waals surface area contributed by atoms with Crippen molar-refractivity contribution in [1.82, 2.24) is 0 Å². The number of rotatable bonds is 2. The molecule has 1 aliphatic rings. The molecule has 1 amide bonds. The molecule has 2 rings (SSSR count). The van der Waals surface area contributed by atoms with E-state index in [1.165, 1.54) is 24.0 Å². The first kappa shape index (κ1) is 12.9. The highest BCUT2D eigenvalue weighted by Gasteiger charge is 2.29. The van der Waals surface area contributed by atoms with Gasteiger partial charge in [0.25, 0.3) is 0 Å². The summed E-state index contributed by atoms with van der Waals surface area (Å²) in [6.07, 6.45) is 0.474. The molecule has 7 heteroatoms. The third-order valence-electron chi connectivity index (χ3n) is 2.89. The van der Waals surface area contributed by atoms with Crippen molar-refractivity contribution in [2.24, 2.45) is 0 Å². The van der Waals surface area contributed by atoms with Gasteiger partial charge < -0.3 is 4.90 Å². The van der Waals surface area contributed by atoms with E-state index in [1.54, 1.807) is 0 Å². The molecule has 0 aliphatic carbocycles. The molecule has 0 saturated carbocycles. The van der Waals surface area contributed by atoms with Gasteiger partial charge in [-0.1, -0.05) is 0 Å². The summed E-state index contributed by atoms with van der Waals surface area (Å²) < 4.78 is 47.4. The Morgan fingerprint density at radius 1 is 1.39 bits per heavy atom. The van der Waals surface area contributed by atoms with Crippen molar-refractivity contribution in [2.45, 2.75) is 24.0 Å². The SMILES string of the molecule is CC(=O)N1CCc2cc(S(=O)(=O)C(F)F)ccc21. The lowest BCUT2D eigenvalue weighted by atomic mass is 10.2. The molecule has 18 heavy (non-hydrogen) atoms. The summed E-state index contributed by atoms with van der Waals surface area (Å²) in [6, 6.07) is 3.74. The summed E-state index contributed by atoms with van der Waals surface area (Å²) in [6.45, 7) is 1.85. The van der Waals surface area contributed by atoms with Crippen LogP contribution in [0.2, 0.25) is 0 Å². The average Bonchev–Trinajstić information content (AvgIpc) is 2.71. The van der Waals surface area contributed by atoms with E-state index in [0.717, 1.165) is 6.07 Å². The van der Waals surface area contributed by atoms with Crippen LogP contribution in [0, 0.1) is 0 Å². The smallest absolute Gasteiger partial charge is 0.312 e. The Morgan fingerprint density at radius 3 is 2.61 bits per heavy atom. The topological polar surface area (TPSA) is 54.5 Å². The Labute approximate surface area is 103 Å². The molecule has 0 atom stereocenters. The van der Waals surface area contributed by atoms with E-state index in [4.69, 9.17) is 0 Å². The number of anilines is 1. The van der Waals surface area contributed by atoms with Gasteiger partial charge in [-0.05, 0) is 30.2 Å². The van der Waals surface area contributed by atoms with Crippen LogP contribution in [0.3, 0.4) is 0 Å². The first-order chi connectivity index (χ1) is 8.34. The van der Waals surface area contributed by atoms with Crippen LogP contribution < -0.4 is 4.90 Å². The van der Waals surface area contributed by atoms with Crippen LogP contribution in [-0.2, 0) is 21.1 Å². The number of hydrogen-bond acceptors (Lipinski definition) is 3. The Hall–Kier alpha value is -1.50. The van der Waals surface area contributed by atoms with Crippen LogP contribution in [0.5, 0.6) is 0 Å². The van der Waals surface area contributed by atoms with E-state index in [0.29, 0.717) is 24.2 Å². The maximum atomic E-state index is 12.4.